The third-order valence-corrected chi connectivity index (χ3v) is 2.96. The van der Waals surface area contributed by atoms with Gasteiger partial charge in [-0.3, -0.25) is 0 Å². The molecule has 0 saturated carbocycles. The Balaban J connectivity index is 1.58. The smallest absolute Gasteiger partial charge is 0.0340 e. The van der Waals surface area contributed by atoms with Crippen molar-refractivity contribution in [2.45, 2.75) is 6.42 Å². The van der Waals surface area contributed by atoms with Gasteiger partial charge in [0.15, 0.2) is 0 Å². The summed E-state index contributed by atoms with van der Waals surface area (Å²) in [6.07, 6.45) is 1.22. The van der Waals surface area contributed by atoms with Gasteiger partial charge in [0.05, 0.1) is 0 Å². The summed E-state index contributed by atoms with van der Waals surface area (Å²) in [6.45, 7) is 6.96. The second-order valence-electron chi connectivity index (χ2n) is 4.24. The van der Waals surface area contributed by atoms with E-state index in [9.17, 15) is 0 Å². The summed E-state index contributed by atoms with van der Waals surface area (Å²) in [5.41, 5.74) is 1.22. The van der Waals surface area contributed by atoms with Crippen LogP contribution in [-0.2, 0) is 0 Å². The number of hydrogen-bond donors (Lipinski definition) is 2. The van der Waals surface area contributed by atoms with Gasteiger partial charge in [-0.25, -0.2) is 0 Å². The molecule has 1 fully saturated rings. The highest BCUT2D eigenvalue weighted by Gasteiger charge is 2.07. The Bertz CT molecular complexity index is 280. The molecule has 1 aromatic carbocycles. The first-order valence-electron chi connectivity index (χ1n) is 6.17. The van der Waals surface area contributed by atoms with Crippen LogP contribution in [0.3, 0.4) is 0 Å². The van der Waals surface area contributed by atoms with Gasteiger partial charge in [-0.1, -0.05) is 18.2 Å². The Morgan fingerprint density at radius 1 is 1.12 bits per heavy atom. The highest BCUT2D eigenvalue weighted by Crippen LogP contribution is 2.04. The molecule has 1 aromatic rings. The Morgan fingerprint density at radius 2 is 1.88 bits per heavy atom. The van der Waals surface area contributed by atoms with Crippen LogP contribution >= 0.6 is 0 Å². The molecule has 0 aliphatic carbocycles. The SMILES string of the molecule is c1ccc(NCCCN2CCNCC2)cc1. The van der Waals surface area contributed by atoms with Gasteiger partial charge in [-0.05, 0) is 25.1 Å². The second kappa shape index (κ2) is 6.51. The van der Waals surface area contributed by atoms with Gasteiger partial charge in [0, 0.05) is 38.4 Å². The fraction of sp³-hybridized carbons (Fsp3) is 0.538. The van der Waals surface area contributed by atoms with Crippen molar-refractivity contribution >= 4 is 5.69 Å². The van der Waals surface area contributed by atoms with E-state index >= 15 is 0 Å². The molecule has 0 aromatic heterocycles. The molecule has 0 spiro atoms. The van der Waals surface area contributed by atoms with Crippen LogP contribution in [0.1, 0.15) is 6.42 Å². The summed E-state index contributed by atoms with van der Waals surface area (Å²) in [6, 6.07) is 10.4. The normalized spacial score (nSPS) is 17.2. The van der Waals surface area contributed by atoms with Crippen LogP contribution in [0, 0.1) is 0 Å². The maximum atomic E-state index is 3.44. The zero-order chi connectivity index (χ0) is 11.1. The van der Waals surface area contributed by atoms with Crippen molar-refractivity contribution in [1.82, 2.24) is 10.2 Å². The molecule has 2 N–H and O–H groups in total. The van der Waals surface area contributed by atoms with Crippen molar-refractivity contribution in [3.8, 4) is 0 Å². The topological polar surface area (TPSA) is 27.3 Å². The predicted molar refractivity (Wildman–Crippen MR) is 68.9 cm³/mol. The van der Waals surface area contributed by atoms with E-state index in [1.165, 1.54) is 31.7 Å². The van der Waals surface area contributed by atoms with Crippen molar-refractivity contribution < 1.29 is 0 Å². The lowest BCUT2D eigenvalue weighted by atomic mass is 10.3. The number of rotatable bonds is 5. The van der Waals surface area contributed by atoms with Gasteiger partial charge in [0.25, 0.3) is 0 Å². The molecule has 16 heavy (non-hydrogen) atoms. The largest absolute Gasteiger partial charge is 0.385 e. The van der Waals surface area contributed by atoms with E-state index < -0.39 is 0 Å². The van der Waals surface area contributed by atoms with E-state index in [0.717, 1.165) is 19.6 Å². The maximum absolute atomic E-state index is 3.44. The second-order valence-corrected chi connectivity index (χ2v) is 4.24. The molecule has 1 aliphatic heterocycles. The number of para-hydroxylation sites is 1. The monoisotopic (exact) mass is 219 g/mol. The average molecular weight is 219 g/mol. The van der Waals surface area contributed by atoms with Crippen LogP contribution in [-0.4, -0.2) is 44.2 Å². The summed E-state index contributed by atoms with van der Waals surface area (Å²) in [5, 5.41) is 6.82. The molecule has 0 atom stereocenters. The lowest BCUT2D eigenvalue weighted by molar-refractivity contribution is 0.240. The quantitative estimate of drug-likeness (QED) is 0.733. The Labute approximate surface area is 97.8 Å². The van der Waals surface area contributed by atoms with Crippen molar-refractivity contribution in [3.63, 3.8) is 0 Å². The zero-order valence-corrected chi connectivity index (χ0v) is 9.78. The van der Waals surface area contributed by atoms with E-state index in [-0.39, 0.29) is 0 Å². The molecule has 1 heterocycles. The van der Waals surface area contributed by atoms with Crippen molar-refractivity contribution in [3.05, 3.63) is 30.3 Å². The number of nitrogens with one attached hydrogen (secondary N) is 2. The average Bonchev–Trinajstić information content (AvgIpc) is 2.37. The minimum atomic E-state index is 1.06. The van der Waals surface area contributed by atoms with Gasteiger partial charge < -0.3 is 15.5 Å². The Morgan fingerprint density at radius 3 is 2.62 bits per heavy atom. The van der Waals surface area contributed by atoms with E-state index in [4.69, 9.17) is 0 Å². The minimum absolute atomic E-state index is 1.06. The molecule has 0 bridgehead atoms. The number of piperazine rings is 1. The number of benzene rings is 1. The summed E-state index contributed by atoms with van der Waals surface area (Å²) < 4.78 is 0. The molecule has 3 heteroatoms. The van der Waals surface area contributed by atoms with E-state index in [1.807, 2.05) is 6.07 Å². The van der Waals surface area contributed by atoms with E-state index in [0.29, 0.717) is 0 Å². The first kappa shape index (κ1) is 11.4. The van der Waals surface area contributed by atoms with Crippen LogP contribution < -0.4 is 10.6 Å². The molecular weight excluding hydrogens is 198 g/mol. The van der Waals surface area contributed by atoms with Gasteiger partial charge >= 0.3 is 0 Å². The third-order valence-electron chi connectivity index (χ3n) is 2.96. The van der Waals surface area contributed by atoms with E-state index in [2.05, 4.69) is 39.8 Å². The molecule has 0 amide bonds. The van der Waals surface area contributed by atoms with Crippen LogP contribution in [0.4, 0.5) is 5.69 Å². The van der Waals surface area contributed by atoms with Crippen LogP contribution in [0.15, 0.2) is 30.3 Å². The summed E-state index contributed by atoms with van der Waals surface area (Å²) in [7, 11) is 0. The number of anilines is 1. The molecule has 2 rings (SSSR count). The standard InChI is InChI=1S/C13H21N3/c1-2-5-13(6-3-1)15-7-4-10-16-11-8-14-9-12-16/h1-3,5-6,14-15H,4,7-12H2. The first-order chi connectivity index (χ1) is 7.95. The molecular formula is C13H21N3. The Kier molecular flexibility index (Phi) is 4.65. The van der Waals surface area contributed by atoms with Crippen molar-refractivity contribution in [2.75, 3.05) is 44.6 Å². The molecule has 0 unspecified atom stereocenters. The molecule has 1 aliphatic rings. The predicted octanol–water partition coefficient (Wildman–Crippen LogP) is 1.39. The van der Waals surface area contributed by atoms with Gasteiger partial charge in [0.1, 0.15) is 0 Å². The molecule has 88 valence electrons. The molecule has 1 saturated heterocycles. The van der Waals surface area contributed by atoms with Crippen LogP contribution in [0.2, 0.25) is 0 Å². The summed E-state index contributed by atoms with van der Waals surface area (Å²) in [5.74, 6) is 0. The number of hydrogen-bond acceptors (Lipinski definition) is 3. The molecule has 0 radical (unpaired) electrons. The minimum Gasteiger partial charge on any atom is -0.385 e. The number of nitrogens with zero attached hydrogens (tertiary/aromatic N) is 1. The van der Waals surface area contributed by atoms with E-state index in [1.54, 1.807) is 0 Å². The summed E-state index contributed by atoms with van der Waals surface area (Å²) in [4.78, 5) is 2.53. The van der Waals surface area contributed by atoms with Gasteiger partial charge in [-0.15, -0.1) is 0 Å². The third kappa shape index (κ3) is 3.83. The molecule has 3 nitrogen and oxygen atoms in total. The zero-order valence-electron chi connectivity index (χ0n) is 9.78. The van der Waals surface area contributed by atoms with Crippen molar-refractivity contribution in [1.29, 1.82) is 0 Å². The fourth-order valence-corrected chi connectivity index (χ4v) is 2.03. The van der Waals surface area contributed by atoms with Gasteiger partial charge in [-0.2, -0.15) is 0 Å². The fourth-order valence-electron chi connectivity index (χ4n) is 2.03. The highest BCUT2D eigenvalue weighted by atomic mass is 15.2. The Hall–Kier alpha value is -1.06. The van der Waals surface area contributed by atoms with Crippen LogP contribution in [0.25, 0.3) is 0 Å². The van der Waals surface area contributed by atoms with Crippen molar-refractivity contribution in [2.24, 2.45) is 0 Å². The van der Waals surface area contributed by atoms with Gasteiger partial charge in [0.2, 0.25) is 0 Å². The summed E-state index contributed by atoms with van der Waals surface area (Å²) >= 11 is 0. The lowest BCUT2D eigenvalue weighted by Gasteiger charge is -2.27. The lowest BCUT2D eigenvalue weighted by Crippen LogP contribution is -2.44. The maximum Gasteiger partial charge on any atom is 0.0340 e. The highest BCUT2D eigenvalue weighted by molar-refractivity contribution is 5.42. The first-order valence-corrected chi connectivity index (χ1v) is 6.17. The van der Waals surface area contributed by atoms with Crippen LogP contribution in [0.5, 0.6) is 0 Å².